The fourth-order valence-corrected chi connectivity index (χ4v) is 4.11. The minimum absolute atomic E-state index is 0.00813. The Labute approximate surface area is 146 Å². The first-order chi connectivity index (χ1) is 11.6. The van der Waals surface area contributed by atoms with Gasteiger partial charge in [0.1, 0.15) is 10.6 Å². The molecular weight excluding hydrogens is 322 g/mol. The van der Waals surface area contributed by atoms with Crippen LogP contribution in [0.3, 0.4) is 0 Å². The van der Waals surface area contributed by atoms with Gasteiger partial charge in [-0.3, -0.25) is 4.79 Å². The van der Waals surface area contributed by atoms with Gasteiger partial charge >= 0.3 is 0 Å². The smallest absolute Gasteiger partial charge is 0.267 e. The van der Waals surface area contributed by atoms with E-state index in [1.54, 1.807) is 6.92 Å². The van der Waals surface area contributed by atoms with Crippen LogP contribution in [0.1, 0.15) is 29.9 Å². The van der Waals surface area contributed by atoms with Gasteiger partial charge in [-0.05, 0) is 31.9 Å². The van der Waals surface area contributed by atoms with E-state index in [1.165, 1.54) is 11.3 Å². The van der Waals surface area contributed by atoms with Gasteiger partial charge in [0.2, 0.25) is 0 Å². The largest absolute Gasteiger partial charge is 0.492 e. The molecule has 2 heterocycles. The van der Waals surface area contributed by atoms with Gasteiger partial charge in [0.05, 0.1) is 12.7 Å². The summed E-state index contributed by atoms with van der Waals surface area (Å²) >= 11 is 1.48. The summed E-state index contributed by atoms with van der Waals surface area (Å²) in [5.41, 5.74) is 1.09. The number of benzene rings is 1. The van der Waals surface area contributed by atoms with Crippen LogP contribution in [-0.2, 0) is 0 Å². The molecule has 0 saturated carbocycles. The average molecular weight is 345 g/mol. The maximum Gasteiger partial charge on any atom is 0.267 e. The second-order valence-corrected chi connectivity index (χ2v) is 7.20. The van der Waals surface area contributed by atoms with Crippen molar-refractivity contribution in [2.45, 2.75) is 26.4 Å². The van der Waals surface area contributed by atoms with Crippen LogP contribution >= 0.6 is 11.3 Å². The van der Waals surface area contributed by atoms with Crippen molar-refractivity contribution in [3.63, 3.8) is 0 Å². The van der Waals surface area contributed by atoms with Crippen LogP contribution in [0.15, 0.2) is 36.4 Å². The molecular formula is C19H23NO3S. The van der Waals surface area contributed by atoms with Gasteiger partial charge in [0.15, 0.2) is 0 Å². The van der Waals surface area contributed by atoms with E-state index in [2.05, 4.69) is 0 Å². The number of rotatable bonds is 5. The van der Waals surface area contributed by atoms with Crippen molar-refractivity contribution in [2.75, 3.05) is 19.7 Å². The molecule has 2 unspecified atom stereocenters. The predicted molar refractivity (Wildman–Crippen MR) is 96.6 cm³/mol. The molecule has 5 heteroatoms. The van der Waals surface area contributed by atoms with E-state index in [4.69, 9.17) is 4.74 Å². The fourth-order valence-electron chi connectivity index (χ4n) is 3.04. The molecule has 1 aromatic heterocycles. The number of nitrogens with zero attached hydrogens (tertiary/aromatic N) is 1. The van der Waals surface area contributed by atoms with Gasteiger partial charge in [-0.15, -0.1) is 11.3 Å². The Balaban J connectivity index is 1.86. The van der Waals surface area contributed by atoms with Crippen molar-refractivity contribution in [1.29, 1.82) is 0 Å². The lowest BCUT2D eigenvalue weighted by Crippen LogP contribution is -2.30. The number of aliphatic hydroxyl groups excluding tert-OH is 1. The molecule has 0 radical (unpaired) electrons. The summed E-state index contributed by atoms with van der Waals surface area (Å²) in [6.07, 6.45) is 0.474. The lowest BCUT2D eigenvalue weighted by atomic mass is 10.0. The molecule has 2 aromatic rings. The van der Waals surface area contributed by atoms with Crippen LogP contribution in [0.2, 0.25) is 0 Å². The van der Waals surface area contributed by atoms with E-state index >= 15 is 0 Å². The molecule has 1 saturated heterocycles. The summed E-state index contributed by atoms with van der Waals surface area (Å²) in [7, 11) is 0. The molecule has 1 fully saturated rings. The lowest BCUT2D eigenvalue weighted by Gasteiger charge is -2.17. The molecule has 2 atom stereocenters. The summed E-state index contributed by atoms with van der Waals surface area (Å²) in [5.74, 6) is 0.832. The van der Waals surface area contributed by atoms with Crippen molar-refractivity contribution in [3.05, 3.63) is 41.3 Å². The molecule has 1 amide bonds. The summed E-state index contributed by atoms with van der Waals surface area (Å²) in [6, 6.07) is 12.0. The van der Waals surface area contributed by atoms with Crippen molar-refractivity contribution >= 4 is 17.2 Å². The highest BCUT2D eigenvalue weighted by Crippen LogP contribution is 2.38. The molecule has 0 bridgehead atoms. The number of likely N-dealkylation sites (tertiary alicyclic amines) is 1. The molecule has 1 aliphatic rings. The van der Waals surface area contributed by atoms with Crippen molar-refractivity contribution in [2.24, 2.45) is 5.92 Å². The zero-order valence-electron chi connectivity index (χ0n) is 14.1. The third kappa shape index (κ3) is 3.47. The zero-order chi connectivity index (χ0) is 17.1. The lowest BCUT2D eigenvalue weighted by molar-refractivity contribution is 0.0763. The second-order valence-electron chi connectivity index (χ2n) is 6.14. The maximum atomic E-state index is 12.9. The highest BCUT2D eigenvalue weighted by atomic mass is 32.1. The Morgan fingerprint density at radius 2 is 2.17 bits per heavy atom. The SMILES string of the molecule is CCOc1cc(-c2ccccc2)sc1C(=O)N1CCC(C(C)O)C1. The number of carbonyl (C=O) groups excluding carboxylic acids is 1. The predicted octanol–water partition coefficient (Wildman–Crippen LogP) is 3.66. The van der Waals surface area contributed by atoms with E-state index in [0.717, 1.165) is 16.9 Å². The van der Waals surface area contributed by atoms with E-state index in [1.807, 2.05) is 48.2 Å². The topological polar surface area (TPSA) is 49.8 Å². The van der Waals surface area contributed by atoms with Crippen LogP contribution in [0, 0.1) is 5.92 Å². The summed E-state index contributed by atoms with van der Waals surface area (Å²) < 4.78 is 5.71. The second kappa shape index (κ2) is 7.36. The molecule has 128 valence electrons. The number of hydrogen-bond acceptors (Lipinski definition) is 4. The molecule has 1 N–H and O–H groups in total. The van der Waals surface area contributed by atoms with E-state index < -0.39 is 0 Å². The van der Waals surface area contributed by atoms with Crippen molar-refractivity contribution < 1.29 is 14.6 Å². The molecule has 24 heavy (non-hydrogen) atoms. The van der Waals surface area contributed by atoms with E-state index in [-0.39, 0.29) is 17.9 Å². The number of aliphatic hydroxyl groups is 1. The van der Waals surface area contributed by atoms with Gasteiger partial charge in [-0.1, -0.05) is 30.3 Å². The first kappa shape index (κ1) is 17.0. The van der Waals surface area contributed by atoms with E-state index in [9.17, 15) is 9.90 Å². The molecule has 0 spiro atoms. The third-order valence-electron chi connectivity index (χ3n) is 4.44. The maximum absolute atomic E-state index is 12.9. The van der Waals surface area contributed by atoms with Gasteiger partial charge in [-0.2, -0.15) is 0 Å². The van der Waals surface area contributed by atoms with Gasteiger partial charge in [0.25, 0.3) is 5.91 Å². The van der Waals surface area contributed by atoms with Crippen LogP contribution in [0.25, 0.3) is 10.4 Å². The Hall–Kier alpha value is -1.85. The first-order valence-electron chi connectivity index (χ1n) is 8.39. The Kier molecular flexibility index (Phi) is 5.21. The number of hydrogen-bond donors (Lipinski definition) is 1. The van der Waals surface area contributed by atoms with Crippen molar-refractivity contribution in [1.82, 2.24) is 4.90 Å². The average Bonchev–Trinajstić information content (AvgIpc) is 3.23. The highest BCUT2D eigenvalue weighted by Gasteiger charge is 2.32. The fraction of sp³-hybridized carbons (Fsp3) is 0.421. The minimum atomic E-state index is -0.377. The van der Waals surface area contributed by atoms with Crippen LogP contribution in [-0.4, -0.2) is 41.7 Å². The van der Waals surface area contributed by atoms with Crippen LogP contribution in [0.5, 0.6) is 5.75 Å². The normalized spacial score (nSPS) is 18.6. The summed E-state index contributed by atoms with van der Waals surface area (Å²) in [4.78, 5) is 16.5. The third-order valence-corrected chi connectivity index (χ3v) is 5.60. The summed E-state index contributed by atoms with van der Waals surface area (Å²) in [6.45, 7) is 5.55. The molecule has 4 nitrogen and oxygen atoms in total. The highest BCUT2D eigenvalue weighted by molar-refractivity contribution is 7.17. The number of thiophene rings is 1. The Bertz CT molecular complexity index is 696. The zero-order valence-corrected chi connectivity index (χ0v) is 14.9. The first-order valence-corrected chi connectivity index (χ1v) is 9.21. The Morgan fingerprint density at radius 3 is 2.79 bits per heavy atom. The standard InChI is InChI=1S/C19H23NO3S/c1-3-23-16-11-17(14-7-5-4-6-8-14)24-18(16)19(22)20-10-9-15(12-20)13(2)21/h4-8,11,13,15,21H,3,9-10,12H2,1-2H3. The van der Waals surface area contributed by atoms with E-state index in [0.29, 0.717) is 30.3 Å². The van der Waals surface area contributed by atoms with Gasteiger partial charge in [-0.25, -0.2) is 0 Å². The molecule has 1 aromatic carbocycles. The molecule has 1 aliphatic heterocycles. The number of carbonyl (C=O) groups is 1. The Morgan fingerprint density at radius 1 is 1.42 bits per heavy atom. The quantitative estimate of drug-likeness (QED) is 0.900. The number of ether oxygens (including phenoxy) is 1. The molecule has 3 rings (SSSR count). The van der Waals surface area contributed by atoms with Crippen LogP contribution < -0.4 is 4.74 Å². The van der Waals surface area contributed by atoms with Gasteiger partial charge in [0, 0.05) is 23.9 Å². The monoisotopic (exact) mass is 345 g/mol. The molecule has 0 aliphatic carbocycles. The number of amides is 1. The minimum Gasteiger partial charge on any atom is -0.492 e. The van der Waals surface area contributed by atoms with Gasteiger partial charge < -0.3 is 14.7 Å². The summed E-state index contributed by atoms with van der Waals surface area (Å²) in [5, 5.41) is 9.75. The van der Waals surface area contributed by atoms with Crippen LogP contribution in [0.4, 0.5) is 0 Å². The van der Waals surface area contributed by atoms with Crippen molar-refractivity contribution in [3.8, 4) is 16.2 Å².